The lowest BCUT2D eigenvalue weighted by atomic mass is 9.98. The molecule has 0 bridgehead atoms. The smallest absolute Gasteiger partial charge is 0.338 e. The number of hydrogen-bond donors (Lipinski definition) is 2. The lowest BCUT2D eigenvalue weighted by molar-refractivity contribution is -0.105. The van der Waals surface area contributed by atoms with Crippen LogP contribution in [0.5, 0.6) is 0 Å². The zero-order valence-electron chi connectivity index (χ0n) is 21.1. The van der Waals surface area contributed by atoms with Gasteiger partial charge in [0.25, 0.3) is 0 Å². The number of benzene rings is 3. The Kier molecular flexibility index (Phi) is 11.8. The van der Waals surface area contributed by atoms with Crippen LogP contribution in [0.4, 0.5) is 14.5 Å². The minimum atomic E-state index is -0.698. The molecule has 0 fully saturated rings. The molecule has 4 rings (SSSR count). The Balaban J connectivity index is 0.000000272. The number of aromatic nitrogens is 1. The normalized spacial score (nSPS) is 10.8. The van der Waals surface area contributed by atoms with Crippen molar-refractivity contribution in [1.82, 2.24) is 4.98 Å². The van der Waals surface area contributed by atoms with E-state index >= 15 is 0 Å². The van der Waals surface area contributed by atoms with E-state index < -0.39 is 17.6 Å². The second-order valence-corrected chi connectivity index (χ2v) is 7.74. The van der Waals surface area contributed by atoms with Gasteiger partial charge in [-0.2, -0.15) is 0 Å². The maximum absolute atomic E-state index is 14.3. The summed E-state index contributed by atoms with van der Waals surface area (Å²) in [5.74, 6) is -1.78. The van der Waals surface area contributed by atoms with Crippen LogP contribution in [0.3, 0.4) is 0 Å². The molecule has 1 aromatic heterocycles. The predicted octanol–water partition coefficient (Wildman–Crippen LogP) is 6.21. The summed E-state index contributed by atoms with van der Waals surface area (Å²) in [6.45, 7) is 5.93. The average Bonchev–Trinajstić information content (AvgIpc) is 2.93. The van der Waals surface area contributed by atoms with Gasteiger partial charge in [0.15, 0.2) is 0 Å². The van der Waals surface area contributed by atoms with Gasteiger partial charge in [-0.15, -0.1) is 0 Å². The second-order valence-electron chi connectivity index (χ2n) is 7.74. The highest BCUT2D eigenvalue weighted by Crippen LogP contribution is 2.22. The first-order valence-electron chi connectivity index (χ1n) is 11.9. The van der Waals surface area contributed by atoms with Crippen LogP contribution in [0, 0.1) is 11.6 Å². The molecule has 0 spiro atoms. The van der Waals surface area contributed by atoms with Crippen molar-refractivity contribution in [2.75, 3.05) is 11.9 Å². The Morgan fingerprint density at radius 3 is 2.51 bits per heavy atom. The Hall–Kier alpha value is -4.17. The van der Waals surface area contributed by atoms with Crippen molar-refractivity contribution in [2.24, 2.45) is 5.73 Å². The van der Waals surface area contributed by atoms with E-state index in [0.717, 1.165) is 22.5 Å². The molecule has 0 radical (unpaired) electrons. The fourth-order valence-corrected chi connectivity index (χ4v) is 3.30. The molecule has 1 atom stereocenters. The summed E-state index contributed by atoms with van der Waals surface area (Å²) in [7, 11) is 0. The summed E-state index contributed by atoms with van der Waals surface area (Å²) < 4.78 is 32.4. The monoisotopic (exact) mass is 507 g/mol. The van der Waals surface area contributed by atoms with Gasteiger partial charge in [0, 0.05) is 29.0 Å². The van der Waals surface area contributed by atoms with Crippen molar-refractivity contribution in [3.05, 3.63) is 107 Å². The number of anilines is 1. The van der Waals surface area contributed by atoms with Crippen LogP contribution in [-0.4, -0.2) is 23.9 Å². The molecule has 8 heteroatoms. The van der Waals surface area contributed by atoms with E-state index in [-0.39, 0.29) is 23.7 Å². The lowest BCUT2D eigenvalue weighted by Gasteiger charge is -2.13. The van der Waals surface area contributed by atoms with Gasteiger partial charge in [-0.05, 0) is 59.8 Å². The van der Waals surface area contributed by atoms with Crippen LogP contribution in [0.15, 0.2) is 79.1 Å². The summed E-state index contributed by atoms with van der Waals surface area (Å²) in [6.07, 6.45) is 4.19. The zero-order valence-corrected chi connectivity index (χ0v) is 21.1. The molecule has 194 valence electrons. The quantitative estimate of drug-likeness (QED) is 0.229. The molecular formula is C29H31F2N3O3. The third kappa shape index (κ3) is 8.47. The van der Waals surface area contributed by atoms with Gasteiger partial charge in [0.2, 0.25) is 6.41 Å². The third-order valence-electron chi connectivity index (χ3n) is 5.28. The third-order valence-corrected chi connectivity index (χ3v) is 5.28. The van der Waals surface area contributed by atoms with Crippen molar-refractivity contribution < 1.29 is 23.1 Å². The van der Waals surface area contributed by atoms with E-state index in [2.05, 4.69) is 10.3 Å². The number of nitrogens with one attached hydrogen (secondary N) is 1. The largest absolute Gasteiger partial charge is 0.457 e. The van der Waals surface area contributed by atoms with E-state index in [1.165, 1.54) is 18.2 Å². The van der Waals surface area contributed by atoms with E-state index in [1.54, 1.807) is 30.6 Å². The Morgan fingerprint density at radius 2 is 1.81 bits per heavy atom. The number of esters is 1. The van der Waals surface area contributed by atoms with Crippen molar-refractivity contribution in [3.8, 4) is 0 Å². The Labute approximate surface area is 215 Å². The number of fused-ring (bicyclic) bond motifs is 1. The second kappa shape index (κ2) is 15.1. The van der Waals surface area contributed by atoms with Gasteiger partial charge < -0.3 is 15.8 Å². The molecule has 0 saturated heterocycles. The van der Waals surface area contributed by atoms with E-state index in [0.29, 0.717) is 18.5 Å². The molecule has 1 amide bonds. The molecular weight excluding hydrogens is 476 g/mol. The van der Waals surface area contributed by atoms with Crippen molar-refractivity contribution in [2.45, 2.75) is 33.3 Å². The number of carbonyl (C=O) groups is 2. The number of nitrogens with two attached hydrogens (primary N) is 1. The fraction of sp³-hybridized carbons (Fsp3) is 0.207. The molecule has 6 nitrogen and oxygen atoms in total. The molecule has 37 heavy (non-hydrogen) atoms. The summed E-state index contributed by atoms with van der Waals surface area (Å²) in [6, 6.07) is 17.6. The van der Waals surface area contributed by atoms with Gasteiger partial charge in [-0.1, -0.05) is 51.1 Å². The fourth-order valence-electron chi connectivity index (χ4n) is 3.30. The van der Waals surface area contributed by atoms with Crippen molar-refractivity contribution in [3.63, 3.8) is 0 Å². The van der Waals surface area contributed by atoms with Gasteiger partial charge in [0.1, 0.15) is 18.2 Å². The number of pyridine rings is 1. The first-order valence-corrected chi connectivity index (χ1v) is 11.9. The van der Waals surface area contributed by atoms with Crippen molar-refractivity contribution in [1.29, 1.82) is 0 Å². The molecule has 3 N–H and O–H groups in total. The molecule has 0 aliphatic heterocycles. The number of halogens is 2. The molecule has 1 heterocycles. The first kappa shape index (κ1) is 29.1. The highest BCUT2D eigenvalue weighted by Gasteiger charge is 2.15. The predicted molar refractivity (Wildman–Crippen MR) is 142 cm³/mol. The average molecular weight is 508 g/mol. The number of carbonyl (C=O) groups excluding carboxylic acids is 2. The molecule has 0 aliphatic carbocycles. The standard InChI is InChI=1S/C17H17F2NO2.C10H8N2O.C2H6/c1-11(9-20)15-7-3-5-13(16(15)19)10-22-17(21)12-4-2-6-14(18)8-12;13-7-12-10-2-1-9-6-11-4-3-8(9)5-10;1-2/h2-8,11H,9-10,20H2,1H3;1-7H,(H,12,13);1-2H3. The molecule has 0 aliphatic rings. The van der Waals surface area contributed by atoms with Gasteiger partial charge in [0.05, 0.1) is 5.56 Å². The maximum atomic E-state index is 14.3. The van der Waals surface area contributed by atoms with Crippen LogP contribution in [0.25, 0.3) is 10.8 Å². The minimum absolute atomic E-state index is 0.0897. The number of nitrogens with zero attached hydrogens (tertiary/aromatic N) is 1. The minimum Gasteiger partial charge on any atom is -0.457 e. The number of rotatable bonds is 7. The number of hydrogen-bond acceptors (Lipinski definition) is 5. The Morgan fingerprint density at radius 1 is 1.05 bits per heavy atom. The first-order chi connectivity index (χ1) is 17.9. The molecule has 0 saturated carbocycles. The summed E-state index contributed by atoms with van der Waals surface area (Å²) in [5.41, 5.74) is 7.19. The number of amides is 1. The van der Waals surface area contributed by atoms with Crippen LogP contribution in [0.1, 0.15) is 48.2 Å². The summed E-state index contributed by atoms with van der Waals surface area (Å²) >= 11 is 0. The lowest BCUT2D eigenvalue weighted by Crippen LogP contribution is -2.12. The van der Waals surface area contributed by atoms with E-state index in [1.807, 2.05) is 45.0 Å². The van der Waals surface area contributed by atoms with Crippen LogP contribution in [0.2, 0.25) is 0 Å². The van der Waals surface area contributed by atoms with Gasteiger partial charge in [-0.25, -0.2) is 13.6 Å². The van der Waals surface area contributed by atoms with Gasteiger partial charge in [-0.3, -0.25) is 9.78 Å². The van der Waals surface area contributed by atoms with Crippen LogP contribution >= 0.6 is 0 Å². The van der Waals surface area contributed by atoms with Crippen LogP contribution in [-0.2, 0) is 16.1 Å². The van der Waals surface area contributed by atoms with E-state index in [4.69, 9.17) is 10.5 Å². The Bertz CT molecular complexity index is 1310. The summed E-state index contributed by atoms with van der Waals surface area (Å²) in [5, 5.41) is 4.74. The van der Waals surface area contributed by atoms with Crippen LogP contribution < -0.4 is 11.1 Å². The van der Waals surface area contributed by atoms with Gasteiger partial charge >= 0.3 is 5.97 Å². The molecule has 1 unspecified atom stereocenters. The maximum Gasteiger partial charge on any atom is 0.338 e. The highest BCUT2D eigenvalue weighted by molar-refractivity contribution is 5.89. The molecule has 3 aromatic carbocycles. The SMILES string of the molecule is CC.CC(CN)c1cccc(COC(=O)c2cccc(F)c2)c1F.O=CNc1ccc2cnccc2c1. The molecule has 4 aromatic rings. The highest BCUT2D eigenvalue weighted by atomic mass is 19.1. The van der Waals surface area contributed by atoms with Crippen molar-refractivity contribution >= 4 is 28.8 Å². The topological polar surface area (TPSA) is 94.3 Å². The number of ether oxygens (including phenoxy) is 1. The van der Waals surface area contributed by atoms with E-state index in [9.17, 15) is 18.4 Å². The zero-order chi connectivity index (χ0) is 27.2. The summed E-state index contributed by atoms with van der Waals surface area (Å²) in [4.78, 5) is 26.0.